The van der Waals surface area contributed by atoms with Crippen LogP contribution in [0.3, 0.4) is 0 Å². The fourth-order valence-corrected chi connectivity index (χ4v) is 4.62. The van der Waals surface area contributed by atoms with Crippen LogP contribution in [0.15, 0.2) is 72.8 Å². The third-order valence-electron chi connectivity index (χ3n) is 6.03. The Balaban J connectivity index is 1.52. The van der Waals surface area contributed by atoms with E-state index in [-0.39, 0.29) is 23.2 Å². The van der Waals surface area contributed by atoms with E-state index in [1.807, 2.05) is 36.4 Å². The van der Waals surface area contributed by atoms with Gasteiger partial charge in [0.05, 0.1) is 17.5 Å². The lowest BCUT2D eigenvalue weighted by Gasteiger charge is -2.19. The van der Waals surface area contributed by atoms with Crippen molar-refractivity contribution >= 4 is 17.6 Å². The molecule has 144 valence electrons. The lowest BCUT2D eigenvalue weighted by molar-refractivity contribution is -0.120. The number of anilines is 1. The molecule has 1 amide bonds. The smallest absolute Gasteiger partial charge is 0.335 e. The van der Waals surface area contributed by atoms with Crippen molar-refractivity contribution in [2.75, 3.05) is 4.90 Å². The largest absolute Gasteiger partial charge is 0.478 e. The predicted molar refractivity (Wildman–Crippen MR) is 106 cm³/mol. The molecule has 3 aromatic rings. The number of rotatable bonds is 4. The first-order chi connectivity index (χ1) is 14.0. The van der Waals surface area contributed by atoms with Crippen molar-refractivity contribution in [2.45, 2.75) is 24.3 Å². The maximum absolute atomic E-state index is 13.7. The van der Waals surface area contributed by atoms with Crippen LogP contribution in [-0.4, -0.2) is 17.0 Å². The lowest BCUT2D eigenvalue weighted by Crippen LogP contribution is -2.32. The highest BCUT2D eigenvalue weighted by atomic mass is 19.1. The van der Waals surface area contributed by atoms with E-state index in [0.29, 0.717) is 13.0 Å². The third kappa shape index (κ3) is 2.65. The van der Waals surface area contributed by atoms with Crippen LogP contribution in [0.4, 0.5) is 10.1 Å². The topological polar surface area (TPSA) is 57.6 Å². The van der Waals surface area contributed by atoms with Gasteiger partial charge in [0, 0.05) is 11.6 Å². The van der Waals surface area contributed by atoms with Gasteiger partial charge in [-0.3, -0.25) is 4.79 Å². The number of hydrogen-bond acceptors (Lipinski definition) is 2. The number of halogens is 1. The van der Waals surface area contributed by atoms with E-state index in [1.54, 1.807) is 23.1 Å². The molecular weight excluding hydrogens is 369 g/mol. The van der Waals surface area contributed by atoms with Crippen LogP contribution in [0, 0.1) is 5.82 Å². The first-order valence-electron chi connectivity index (χ1n) is 9.50. The third-order valence-corrected chi connectivity index (χ3v) is 6.03. The van der Waals surface area contributed by atoms with E-state index in [1.165, 1.54) is 18.2 Å². The van der Waals surface area contributed by atoms with E-state index in [2.05, 4.69) is 0 Å². The molecule has 5 heteroatoms. The fraction of sp³-hybridized carbons (Fsp3) is 0.167. The zero-order valence-electron chi connectivity index (χ0n) is 15.5. The monoisotopic (exact) mass is 387 g/mol. The van der Waals surface area contributed by atoms with Crippen LogP contribution in [0.25, 0.3) is 0 Å². The molecule has 1 aliphatic carbocycles. The highest BCUT2D eigenvalue weighted by Gasteiger charge is 2.67. The van der Waals surface area contributed by atoms with Crippen molar-refractivity contribution in [1.29, 1.82) is 0 Å². The number of carbonyl (C=O) groups excluding carboxylic acids is 1. The van der Waals surface area contributed by atoms with Crippen LogP contribution < -0.4 is 4.90 Å². The Morgan fingerprint density at radius 2 is 1.86 bits per heavy atom. The summed E-state index contributed by atoms with van der Waals surface area (Å²) >= 11 is 0. The highest BCUT2D eigenvalue weighted by molar-refractivity contribution is 6.11. The second kappa shape index (κ2) is 6.27. The number of carboxylic acids is 1. The van der Waals surface area contributed by atoms with Gasteiger partial charge in [0.15, 0.2) is 0 Å². The molecule has 1 spiro atoms. The van der Waals surface area contributed by atoms with Crippen molar-refractivity contribution < 1.29 is 19.1 Å². The molecule has 0 bridgehead atoms. The standard InChI is InChI=1S/C24H18FNO3/c25-18-8-4-6-16(12-18)20-13-24(20)19-9-1-2-10-21(19)26(23(24)29)14-15-5-3-7-17(11-15)22(27)28/h1-12,20H,13-14H2,(H,27,28)/t20?,24-/m0/s1. The molecule has 0 aromatic heterocycles. The Hall–Kier alpha value is -3.47. The summed E-state index contributed by atoms with van der Waals surface area (Å²) in [7, 11) is 0. The van der Waals surface area contributed by atoms with Gasteiger partial charge in [-0.15, -0.1) is 0 Å². The van der Waals surface area contributed by atoms with Crippen molar-refractivity contribution in [3.63, 3.8) is 0 Å². The van der Waals surface area contributed by atoms with Gasteiger partial charge < -0.3 is 10.0 Å². The molecule has 0 radical (unpaired) electrons. The maximum atomic E-state index is 13.7. The molecule has 2 aliphatic rings. The second-order valence-corrected chi connectivity index (χ2v) is 7.70. The van der Waals surface area contributed by atoms with Gasteiger partial charge >= 0.3 is 5.97 Å². The normalized spacial score (nSPS) is 22.0. The molecular formula is C24H18FNO3. The summed E-state index contributed by atoms with van der Waals surface area (Å²) < 4.78 is 13.7. The number of carbonyl (C=O) groups is 2. The number of amides is 1. The van der Waals surface area contributed by atoms with E-state index >= 15 is 0 Å². The number of fused-ring (bicyclic) bond motifs is 2. The van der Waals surface area contributed by atoms with E-state index in [9.17, 15) is 19.1 Å². The van der Waals surface area contributed by atoms with Crippen molar-refractivity contribution in [1.82, 2.24) is 0 Å². The van der Waals surface area contributed by atoms with Crippen molar-refractivity contribution in [3.05, 3.63) is 101 Å². The summed E-state index contributed by atoms with van der Waals surface area (Å²) in [6.07, 6.45) is 0.651. The van der Waals surface area contributed by atoms with Crippen LogP contribution in [0.5, 0.6) is 0 Å². The van der Waals surface area contributed by atoms with Gasteiger partial charge in [-0.2, -0.15) is 0 Å². The minimum Gasteiger partial charge on any atom is -0.478 e. The van der Waals surface area contributed by atoms with Gasteiger partial charge in [-0.1, -0.05) is 42.5 Å². The van der Waals surface area contributed by atoms with Crippen LogP contribution in [0.1, 0.15) is 39.4 Å². The molecule has 29 heavy (non-hydrogen) atoms. The number of nitrogens with zero attached hydrogens (tertiary/aromatic N) is 1. The summed E-state index contributed by atoms with van der Waals surface area (Å²) in [5.74, 6) is -1.36. The molecule has 2 atom stereocenters. The number of hydrogen-bond donors (Lipinski definition) is 1. The fourth-order valence-electron chi connectivity index (χ4n) is 4.62. The summed E-state index contributed by atoms with van der Waals surface area (Å²) in [5.41, 5.74) is 2.94. The molecule has 1 saturated carbocycles. The second-order valence-electron chi connectivity index (χ2n) is 7.70. The number of aromatic carboxylic acids is 1. The number of carboxylic acid groups (broad SMARTS) is 1. The average molecular weight is 387 g/mol. The van der Waals surface area contributed by atoms with Crippen molar-refractivity contribution in [3.8, 4) is 0 Å². The van der Waals surface area contributed by atoms with E-state index in [0.717, 1.165) is 22.4 Å². The van der Waals surface area contributed by atoms with Gasteiger partial charge in [0.25, 0.3) is 0 Å². The predicted octanol–water partition coefficient (Wildman–Crippen LogP) is 4.50. The summed E-state index contributed by atoms with van der Waals surface area (Å²) in [6.45, 7) is 0.300. The molecule has 1 N–H and O–H groups in total. The van der Waals surface area contributed by atoms with E-state index < -0.39 is 11.4 Å². The van der Waals surface area contributed by atoms with Gasteiger partial charge in [0.1, 0.15) is 5.82 Å². The van der Waals surface area contributed by atoms with E-state index in [4.69, 9.17) is 0 Å². The Kier molecular flexibility index (Phi) is 3.81. The SMILES string of the molecule is O=C(O)c1cccc(CN2C(=O)[C@@]3(CC3c3cccc(F)c3)c3ccccc32)c1. The van der Waals surface area contributed by atoms with Crippen LogP contribution >= 0.6 is 0 Å². The van der Waals surface area contributed by atoms with Gasteiger partial charge in [-0.05, 0) is 53.4 Å². The minimum absolute atomic E-state index is 0.00584. The van der Waals surface area contributed by atoms with Gasteiger partial charge in [0.2, 0.25) is 5.91 Å². The first-order valence-corrected chi connectivity index (χ1v) is 9.50. The molecule has 0 saturated heterocycles. The Morgan fingerprint density at radius 1 is 1.07 bits per heavy atom. The quantitative estimate of drug-likeness (QED) is 0.717. The Morgan fingerprint density at radius 3 is 2.66 bits per heavy atom. The van der Waals surface area contributed by atoms with Gasteiger partial charge in [-0.25, -0.2) is 9.18 Å². The summed E-state index contributed by atoms with van der Waals surface area (Å²) in [6, 6.07) is 20.8. The minimum atomic E-state index is -0.996. The zero-order chi connectivity index (χ0) is 20.2. The lowest BCUT2D eigenvalue weighted by atomic mass is 9.92. The molecule has 5 rings (SSSR count). The molecule has 1 aliphatic heterocycles. The molecule has 4 nitrogen and oxygen atoms in total. The Labute approximate surface area is 167 Å². The molecule has 1 heterocycles. The molecule has 3 aromatic carbocycles. The first kappa shape index (κ1) is 17.6. The van der Waals surface area contributed by atoms with Crippen LogP contribution in [-0.2, 0) is 16.8 Å². The Bertz CT molecular complexity index is 1160. The number of benzene rings is 3. The molecule has 1 unspecified atom stereocenters. The maximum Gasteiger partial charge on any atom is 0.335 e. The van der Waals surface area contributed by atoms with Crippen LogP contribution in [0.2, 0.25) is 0 Å². The summed E-state index contributed by atoms with van der Waals surface area (Å²) in [4.78, 5) is 26.6. The average Bonchev–Trinajstić information content (AvgIpc) is 3.44. The zero-order valence-corrected chi connectivity index (χ0v) is 15.5. The molecule has 1 fully saturated rings. The summed E-state index contributed by atoms with van der Waals surface area (Å²) in [5, 5.41) is 9.24. The van der Waals surface area contributed by atoms with Crippen molar-refractivity contribution in [2.24, 2.45) is 0 Å². The number of para-hydroxylation sites is 1. The highest BCUT2D eigenvalue weighted by Crippen LogP contribution is 2.66.